The minimum atomic E-state index is -4.45. The van der Waals surface area contributed by atoms with Gasteiger partial charge in [0.2, 0.25) is 15.9 Å². The lowest BCUT2D eigenvalue weighted by Crippen LogP contribution is -2.42. The van der Waals surface area contributed by atoms with Crippen LogP contribution in [0.4, 0.5) is 11.4 Å². The Hall–Kier alpha value is -4.86. The van der Waals surface area contributed by atoms with Crippen LogP contribution < -0.4 is 9.04 Å². The van der Waals surface area contributed by atoms with Crippen molar-refractivity contribution in [3.05, 3.63) is 107 Å². The number of para-hydroxylation sites is 1. The molecule has 0 fully saturated rings. The lowest BCUT2D eigenvalue weighted by atomic mass is 10.1. The van der Waals surface area contributed by atoms with E-state index in [1.54, 1.807) is 72.4 Å². The molecular formula is C30H28N6O7S2. The summed E-state index contributed by atoms with van der Waals surface area (Å²) in [5.41, 5.74) is 2.01. The van der Waals surface area contributed by atoms with E-state index in [1.807, 2.05) is 0 Å². The van der Waals surface area contributed by atoms with E-state index in [2.05, 4.69) is 10.1 Å². The largest absolute Gasteiger partial charge is 0.478 e. The van der Waals surface area contributed by atoms with E-state index >= 15 is 0 Å². The number of nitro groups is 1. The van der Waals surface area contributed by atoms with Crippen molar-refractivity contribution in [1.82, 2.24) is 18.9 Å². The third kappa shape index (κ3) is 5.72. The quantitative estimate of drug-likeness (QED) is 0.200. The highest BCUT2D eigenvalue weighted by atomic mass is 32.2. The average Bonchev–Trinajstić information content (AvgIpc) is 3.45. The first-order valence-corrected chi connectivity index (χ1v) is 16.8. The molecule has 0 unspecified atom stereocenters. The number of ether oxygens (including phenoxy) is 1. The Bertz CT molecular complexity index is 2130. The first-order valence-electron chi connectivity index (χ1n) is 14.0. The number of fused-ring (bicyclic) bond motifs is 4. The second-order valence-electron chi connectivity index (χ2n) is 10.3. The number of hydrogen-bond acceptors (Lipinski definition) is 9. The minimum Gasteiger partial charge on any atom is -0.478 e. The molecule has 13 nitrogen and oxygen atoms in total. The fraction of sp³-hybridized carbons (Fsp3) is 0.200. The SMILES string of the molecule is Cc1ccccc1S(=O)(=O)N1CCN(S(=O)(=O)c2ccccc2[N+](=O)[O-])CCCOc2ccn3ncc(c3n2)-c2cccc1c2. The van der Waals surface area contributed by atoms with Crippen LogP contribution in [0.25, 0.3) is 16.8 Å². The molecule has 3 aromatic carbocycles. The van der Waals surface area contributed by atoms with Crippen LogP contribution in [0.2, 0.25) is 0 Å². The number of hydrogen-bond donors (Lipinski definition) is 0. The number of sulfonamides is 2. The Morgan fingerprint density at radius 3 is 2.40 bits per heavy atom. The average molecular weight is 649 g/mol. The van der Waals surface area contributed by atoms with E-state index < -0.39 is 35.6 Å². The van der Waals surface area contributed by atoms with Gasteiger partial charge in [0.05, 0.1) is 28.3 Å². The van der Waals surface area contributed by atoms with E-state index in [0.29, 0.717) is 33.9 Å². The summed E-state index contributed by atoms with van der Waals surface area (Å²) in [6, 6.07) is 20.1. The van der Waals surface area contributed by atoms with Gasteiger partial charge in [-0.1, -0.05) is 42.5 Å². The van der Waals surface area contributed by atoms with E-state index in [9.17, 15) is 26.9 Å². The number of aryl methyl sites for hydroxylation is 1. The lowest BCUT2D eigenvalue weighted by molar-refractivity contribution is -0.387. The molecular weight excluding hydrogens is 620 g/mol. The monoisotopic (exact) mass is 648 g/mol. The molecule has 0 saturated heterocycles. The second-order valence-corrected chi connectivity index (χ2v) is 14.1. The molecule has 6 rings (SSSR count). The van der Waals surface area contributed by atoms with Gasteiger partial charge in [0, 0.05) is 43.5 Å². The van der Waals surface area contributed by atoms with Crippen LogP contribution in [0.5, 0.6) is 5.88 Å². The van der Waals surface area contributed by atoms with Crippen LogP contribution >= 0.6 is 0 Å². The zero-order valence-corrected chi connectivity index (χ0v) is 25.7. The summed E-state index contributed by atoms with van der Waals surface area (Å²) >= 11 is 0. The molecule has 4 bridgehead atoms. The summed E-state index contributed by atoms with van der Waals surface area (Å²) in [6.07, 6.45) is 3.51. The number of aromatic nitrogens is 3. The molecule has 0 amide bonds. The van der Waals surface area contributed by atoms with E-state index in [0.717, 1.165) is 10.4 Å². The lowest BCUT2D eigenvalue weighted by Gasteiger charge is -2.29. The molecule has 0 aliphatic carbocycles. The number of benzene rings is 3. The molecule has 0 atom stereocenters. The maximum atomic E-state index is 14.3. The first-order chi connectivity index (χ1) is 21.6. The Morgan fingerprint density at radius 2 is 1.62 bits per heavy atom. The van der Waals surface area contributed by atoms with Crippen molar-refractivity contribution in [1.29, 1.82) is 0 Å². The highest BCUT2D eigenvalue weighted by molar-refractivity contribution is 7.93. The summed E-state index contributed by atoms with van der Waals surface area (Å²) in [5.74, 6) is 0.298. The topological polar surface area (TPSA) is 157 Å². The van der Waals surface area contributed by atoms with Crippen LogP contribution in [-0.4, -0.2) is 66.9 Å². The van der Waals surface area contributed by atoms with Crippen molar-refractivity contribution in [3.63, 3.8) is 0 Å². The molecule has 1 aliphatic rings. The smallest absolute Gasteiger partial charge is 0.289 e. The molecule has 2 aromatic heterocycles. The van der Waals surface area contributed by atoms with Gasteiger partial charge in [-0.15, -0.1) is 0 Å². The Morgan fingerprint density at radius 1 is 0.867 bits per heavy atom. The molecule has 0 saturated carbocycles. The fourth-order valence-electron chi connectivity index (χ4n) is 5.25. The highest BCUT2D eigenvalue weighted by Crippen LogP contribution is 2.33. The minimum absolute atomic E-state index is 0.0668. The van der Waals surface area contributed by atoms with Gasteiger partial charge in [0.25, 0.3) is 15.7 Å². The van der Waals surface area contributed by atoms with E-state index in [4.69, 9.17) is 4.74 Å². The van der Waals surface area contributed by atoms with Gasteiger partial charge >= 0.3 is 0 Å². The summed E-state index contributed by atoms with van der Waals surface area (Å²) in [6.45, 7) is 1.08. The summed E-state index contributed by atoms with van der Waals surface area (Å²) in [5, 5.41) is 16.1. The Balaban J connectivity index is 1.50. The number of nitrogens with zero attached hydrogens (tertiary/aromatic N) is 6. The number of anilines is 1. The van der Waals surface area contributed by atoms with Crippen LogP contribution in [0.3, 0.4) is 0 Å². The predicted octanol–water partition coefficient (Wildman–Crippen LogP) is 4.28. The van der Waals surface area contributed by atoms with Crippen LogP contribution in [-0.2, 0) is 20.0 Å². The van der Waals surface area contributed by atoms with Gasteiger partial charge < -0.3 is 4.74 Å². The second kappa shape index (κ2) is 11.9. The third-order valence-electron chi connectivity index (χ3n) is 7.48. The van der Waals surface area contributed by atoms with E-state index in [-0.39, 0.29) is 37.6 Å². The predicted molar refractivity (Wildman–Crippen MR) is 166 cm³/mol. The number of nitro benzene ring substituents is 1. The van der Waals surface area contributed by atoms with Crippen LogP contribution in [0.1, 0.15) is 12.0 Å². The van der Waals surface area contributed by atoms with Crippen molar-refractivity contribution < 1.29 is 26.5 Å². The maximum Gasteiger partial charge on any atom is 0.289 e. The van der Waals surface area contributed by atoms with Crippen molar-refractivity contribution in [2.24, 2.45) is 0 Å². The Labute approximate surface area is 259 Å². The van der Waals surface area contributed by atoms with E-state index in [1.165, 1.54) is 28.6 Å². The molecule has 0 radical (unpaired) electrons. The summed E-state index contributed by atoms with van der Waals surface area (Å²) in [7, 11) is -8.65. The van der Waals surface area contributed by atoms with Gasteiger partial charge in [-0.25, -0.2) is 21.4 Å². The molecule has 232 valence electrons. The van der Waals surface area contributed by atoms with Gasteiger partial charge in [-0.3, -0.25) is 14.4 Å². The third-order valence-corrected chi connectivity index (χ3v) is 11.4. The zero-order chi connectivity index (χ0) is 31.8. The van der Waals surface area contributed by atoms with Crippen molar-refractivity contribution in [2.45, 2.75) is 23.1 Å². The molecule has 1 aliphatic heterocycles. The van der Waals surface area contributed by atoms with Crippen LogP contribution in [0, 0.1) is 17.0 Å². The standard InChI is InChI=1S/C30H28N6O7S2/c1-22-8-2-4-12-27(22)45(41,42)35-18-17-33(44(39,40)28-13-5-3-11-26(28)36(37)38)15-7-19-43-29-14-16-34-30(32-29)25(21-31-34)23-9-6-10-24(35)20-23/h2-6,8-14,16,20-21H,7,15,17-19H2,1H3. The summed E-state index contributed by atoms with van der Waals surface area (Å²) in [4.78, 5) is 15.2. The van der Waals surface area contributed by atoms with Crippen molar-refractivity contribution >= 4 is 37.1 Å². The van der Waals surface area contributed by atoms with Gasteiger partial charge in [-0.2, -0.15) is 14.4 Å². The van der Waals surface area contributed by atoms with Crippen molar-refractivity contribution in [3.8, 4) is 17.0 Å². The summed E-state index contributed by atoms with van der Waals surface area (Å²) < 4.78 is 66.2. The molecule has 5 aromatic rings. The normalized spacial score (nSPS) is 14.9. The van der Waals surface area contributed by atoms with Gasteiger partial charge in [0.15, 0.2) is 10.5 Å². The van der Waals surface area contributed by atoms with Gasteiger partial charge in [-0.05, 0) is 48.7 Å². The molecule has 0 N–H and O–H groups in total. The number of rotatable bonds is 5. The van der Waals surface area contributed by atoms with Crippen molar-refractivity contribution in [2.75, 3.05) is 30.5 Å². The molecule has 0 spiro atoms. The highest BCUT2D eigenvalue weighted by Gasteiger charge is 2.34. The first kappa shape index (κ1) is 30.2. The molecule has 3 heterocycles. The molecule has 15 heteroatoms. The molecule has 45 heavy (non-hydrogen) atoms. The maximum absolute atomic E-state index is 14.3. The van der Waals surface area contributed by atoms with Gasteiger partial charge in [0.1, 0.15) is 0 Å². The zero-order valence-electron chi connectivity index (χ0n) is 24.1. The van der Waals surface area contributed by atoms with Crippen LogP contribution in [0.15, 0.2) is 101 Å². The fourth-order valence-corrected chi connectivity index (χ4v) is 8.56. The Kier molecular flexibility index (Phi) is 7.99.